The Morgan fingerprint density at radius 2 is 1.96 bits per heavy atom. The summed E-state index contributed by atoms with van der Waals surface area (Å²) in [7, 11) is 2.02. The van der Waals surface area contributed by atoms with Crippen molar-refractivity contribution < 1.29 is 4.79 Å². The smallest absolute Gasteiger partial charge is 0.320 e. The Balaban J connectivity index is 1.46. The lowest BCUT2D eigenvalue weighted by molar-refractivity contribution is 0.145. The minimum absolute atomic E-state index is 0.197. The molecule has 2 aliphatic heterocycles. The van der Waals surface area contributed by atoms with Crippen molar-refractivity contribution in [2.24, 2.45) is 7.05 Å². The number of urea groups is 1. The molecule has 2 saturated heterocycles. The van der Waals surface area contributed by atoms with E-state index in [-0.39, 0.29) is 11.9 Å². The fraction of sp³-hybridized carbons (Fsp3) is 0.647. The number of carbonyl (C=O) groups excluding carboxylic acids is 1. The molecule has 8 heteroatoms. The number of nitrogens with zero attached hydrogens (tertiary/aromatic N) is 7. The largest absolute Gasteiger partial charge is 0.330 e. The Kier molecular flexibility index (Phi) is 4.42. The topological polar surface area (TPSA) is 72.1 Å². The first-order valence-electron chi connectivity index (χ1n) is 9.10. The Hall–Kier alpha value is -2.38. The molecule has 0 aromatic carbocycles. The van der Waals surface area contributed by atoms with Crippen molar-refractivity contribution in [2.75, 3.05) is 26.2 Å². The van der Waals surface area contributed by atoms with E-state index < -0.39 is 0 Å². The van der Waals surface area contributed by atoms with E-state index in [0.717, 1.165) is 63.5 Å². The highest BCUT2D eigenvalue weighted by Crippen LogP contribution is 2.27. The zero-order valence-corrected chi connectivity index (χ0v) is 14.7. The highest BCUT2D eigenvalue weighted by Gasteiger charge is 2.31. The van der Waals surface area contributed by atoms with Crippen LogP contribution in [0.2, 0.25) is 0 Å². The normalized spacial score (nSPS) is 21.1. The van der Waals surface area contributed by atoms with Gasteiger partial charge in [-0.3, -0.25) is 0 Å². The molecule has 8 nitrogen and oxygen atoms in total. The Morgan fingerprint density at radius 3 is 2.72 bits per heavy atom. The number of rotatable bonds is 3. The molecule has 0 N–H and O–H groups in total. The van der Waals surface area contributed by atoms with Gasteiger partial charge in [-0.15, -0.1) is 10.2 Å². The third-order valence-electron chi connectivity index (χ3n) is 5.32. The second-order valence-electron chi connectivity index (χ2n) is 7.03. The molecule has 0 saturated carbocycles. The Bertz CT molecular complexity index is 717. The molecule has 0 unspecified atom stereocenters. The van der Waals surface area contributed by atoms with E-state index in [1.54, 1.807) is 12.5 Å². The van der Waals surface area contributed by atoms with Gasteiger partial charge in [0.25, 0.3) is 0 Å². The predicted molar refractivity (Wildman–Crippen MR) is 92.1 cm³/mol. The highest BCUT2D eigenvalue weighted by molar-refractivity contribution is 5.74. The quantitative estimate of drug-likeness (QED) is 0.846. The van der Waals surface area contributed by atoms with Gasteiger partial charge in [-0.25, -0.2) is 9.78 Å². The van der Waals surface area contributed by atoms with Crippen LogP contribution in [0.15, 0.2) is 18.7 Å². The number of amides is 2. The Morgan fingerprint density at radius 1 is 1.16 bits per heavy atom. The molecule has 1 atom stereocenters. The van der Waals surface area contributed by atoms with Crippen LogP contribution in [0, 0.1) is 0 Å². The molecule has 4 heterocycles. The van der Waals surface area contributed by atoms with Crippen molar-refractivity contribution in [3.8, 4) is 0 Å². The van der Waals surface area contributed by atoms with Gasteiger partial charge < -0.3 is 18.9 Å². The Labute approximate surface area is 147 Å². The van der Waals surface area contributed by atoms with Crippen molar-refractivity contribution in [1.29, 1.82) is 0 Å². The van der Waals surface area contributed by atoms with Crippen molar-refractivity contribution in [1.82, 2.24) is 34.1 Å². The van der Waals surface area contributed by atoms with Crippen LogP contribution < -0.4 is 0 Å². The van der Waals surface area contributed by atoms with Crippen LogP contribution in [0.3, 0.4) is 0 Å². The van der Waals surface area contributed by atoms with E-state index in [9.17, 15) is 4.79 Å². The summed E-state index contributed by atoms with van der Waals surface area (Å²) in [4.78, 5) is 20.7. The van der Waals surface area contributed by atoms with Gasteiger partial charge in [-0.1, -0.05) is 0 Å². The maximum Gasteiger partial charge on any atom is 0.320 e. The maximum atomic E-state index is 12.7. The molecule has 2 aromatic heterocycles. The molecule has 0 aliphatic carbocycles. The fourth-order valence-electron chi connectivity index (χ4n) is 3.88. The molecule has 0 bridgehead atoms. The summed E-state index contributed by atoms with van der Waals surface area (Å²) in [5.41, 5.74) is 0. The molecule has 2 fully saturated rings. The molecule has 134 valence electrons. The lowest BCUT2D eigenvalue weighted by Crippen LogP contribution is -2.46. The summed E-state index contributed by atoms with van der Waals surface area (Å²) in [6.45, 7) is 4.06. The van der Waals surface area contributed by atoms with Crippen molar-refractivity contribution in [2.45, 2.75) is 38.1 Å². The minimum atomic E-state index is 0.197. The number of likely N-dealkylation sites (tertiary alicyclic amines) is 2. The van der Waals surface area contributed by atoms with Gasteiger partial charge in [0.1, 0.15) is 5.82 Å². The van der Waals surface area contributed by atoms with Gasteiger partial charge in [0, 0.05) is 51.5 Å². The maximum absolute atomic E-state index is 12.7. The number of aromatic nitrogens is 5. The van der Waals surface area contributed by atoms with Crippen LogP contribution in [-0.4, -0.2) is 66.3 Å². The van der Waals surface area contributed by atoms with Gasteiger partial charge in [-0.2, -0.15) is 0 Å². The number of piperidine rings is 1. The number of hydrogen-bond donors (Lipinski definition) is 0. The zero-order chi connectivity index (χ0) is 17.2. The summed E-state index contributed by atoms with van der Waals surface area (Å²) in [5, 5.41) is 8.80. The van der Waals surface area contributed by atoms with E-state index in [1.807, 2.05) is 27.6 Å². The molecular formula is C17H25N7O. The van der Waals surface area contributed by atoms with Gasteiger partial charge in [0.15, 0.2) is 5.82 Å². The van der Waals surface area contributed by atoms with Gasteiger partial charge in [0.2, 0.25) is 0 Å². The van der Waals surface area contributed by atoms with Gasteiger partial charge in [-0.05, 0) is 25.7 Å². The van der Waals surface area contributed by atoms with Crippen molar-refractivity contribution >= 4 is 6.03 Å². The van der Waals surface area contributed by atoms with Crippen LogP contribution in [0.5, 0.6) is 0 Å². The monoisotopic (exact) mass is 343 g/mol. The molecule has 2 aromatic rings. The van der Waals surface area contributed by atoms with Crippen LogP contribution in [0.1, 0.15) is 43.3 Å². The van der Waals surface area contributed by atoms with Crippen LogP contribution in [0.25, 0.3) is 0 Å². The highest BCUT2D eigenvalue weighted by atomic mass is 16.2. The third-order valence-corrected chi connectivity index (χ3v) is 5.32. The lowest BCUT2D eigenvalue weighted by atomic mass is 9.97. The van der Waals surface area contributed by atoms with Crippen LogP contribution >= 0.6 is 0 Å². The molecule has 0 radical (unpaired) electrons. The molecular weight excluding hydrogens is 318 g/mol. The standard InChI is InChI=1S/C17H25N7O/c1-21-15(12-22-10-6-18-13-22)19-20-16(21)14-5-4-9-24(11-14)17(25)23-7-2-3-8-23/h6,10,13-14H,2-5,7-9,11-12H2,1H3/t14-/m0/s1. The van der Waals surface area contributed by atoms with Crippen LogP contribution in [0.4, 0.5) is 4.79 Å². The second-order valence-corrected chi connectivity index (χ2v) is 7.03. The van der Waals surface area contributed by atoms with E-state index in [4.69, 9.17) is 0 Å². The first kappa shape index (κ1) is 16.1. The summed E-state index contributed by atoms with van der Waals surface area (Å²) in [5.74, 6) is 2.15. The minimum Gasteiger partial charge on any atom is -0.330 e. The molecule has 0 spiro atoms. The summed E-state index contributed by atoms with van der Waals surface area (Å²) in [6, 6.07) is 0.197. The summed E-state index contributed by atoms with van der Waals surface area (Å²) in [6.07, 6.45) is 9.81. The average Bonchev–Trinajstić information content (AvgIpc) is 3.38. The number of carbonyl (C=O) groups is 1. The first-order valence-corrected chi connectivity index (χ1v) is 9.10. The molecule has 2 aliphatic rings. The van der Waals surface area contributed by atoms with Crippen molar-refractivity contribution in [3.63, 3.8) is 0 Å². The van der Waals surface area contributed by atoms with E-state index in [0.29, 0.717) is 6.54 Å². The SMILES string of the molecule is Cn1c(Cn2ccnc2)nnc1[C@H]1CCCN(C(=O)N2CCCC2)C1. The van der Waals surface area contributed by atoms with Gasteiger partial charge in [0.05, 0.1) is 12.9 Å². The molecule has 2 amide bonds. The fourth-order valence-corrected chi connectivity index (χ4v) is 3.88. The van der Waals surface area contributed by atoms with E-state index >= 15 is 0 Å². The van der Waals surface area contributed by atoms with E-state index in [1.165, 1.54) is 0 Å². The summed E-state index contributed by atoms with van der Waals surface area (Å²) < 4.78 is 4.06. The third kappa shape index (κ3) is 3.25. The van der Waals surface area contributed by atoms with Gasteiger partial charge >= 0.3 is 6.03 Å². The zero-order valence-electron chi connectivity index (χ0n) is 14.7. The second kappa shape index (κ2) is 6.85. The average molecular weight is 343 g/mol. The molecule has 25 heavy (non-hydrogen) atoms. The number of hydrogen-bond acceptors (Lipinski definition) is 4. The molecule has 4 rings (SSSR count). The lowest BCUT2D eigenvalue weighted by Gasteiger charge is -2.34. The van der Waals surface area contributed by atoms with E-state index in [2.05, 4.69) is 19.7 Å². The van der Waals surface area contributed by atoms with Crippen molar-refractivity contribution in [3.05, 3.63) is 30.4 Å². The first-order chi connectivity index (χ1) is 12.2. The number of imidazole rings is 1. The summed E-state index contributed by atoms with van der Waals surface area (Å²) >= 11 is 0. The van der Waals surface area contributed by atoms with Crippen LogP contribution in [-0.2, 0) is 13.6 Å². The predicted octanol–water partition coefficient (Wildman–Crippen LogP) is 1.46.